The van der Waals surface area contributed by atoms with Crippen molar-refractivity contribution in [2.75, 3.05) is 24.2 Å². The lowest BCUT2D eigenvalue weighted by Gasteiger charge is -2.33. The van der Waals surface area contributed by atoms with E-state index in [0.29, 0.717) is 22.3 Å². The summed E-state index contributed by atoms with van der Waals surface area (Å²) in [6.07, 6.45) is 5.48. The molecule has 1 atom stereocenters. The average molecular weight is 581 g/mol. The zero-order chi connectivity index (χ0) is 26.3. The fourth-order valence-corrected chi connectivity index (χ4v) is 5.69. The smallest absolute Gasteiger partial charge is 0.244 e. The topological polar surface area (TPSA) is 96.0 Å². The molecular formula is C26H34BrN3O5S. The highest BCUT2D eigenvalue weighted by Crippen LogP contribution is 2.24. The number of carbonyl (C=O) groups excluding carboxylic acids is 2. The van der Waals surface area contributed by atoms with Crippen LogP contribution in [-0.4, -0.2) is 57.1 Å². The van der Waals surface area contributed by atoms with E-state index < -0.39 is 28.5 Å². The SMILES string of the molecule is CC[C@H](C(=O)NC1CCCC1)N(Cc1ccc(OC)cc1)C(=O)CN(c1cccc(Br)c1)S(C)(=O)=O. The van der Waals surface area contributed by atoms with Crippen LogP contribution in [-0.2, 0) is 26.2 Å². The van der Waals surface area contributed by atoms with Gasteiger partial charge in [-0.2, -0.15) is 0 Å². The van der Waals surface area contributed by atoms with E-state index in [0.717, 1.165) is 41.8 Å². The lowest BCUT2D eigenvalue weighted by atomic mass is 10.1. The van der Waals surface area contributed by atoms with E-state index in [1.165, 1.54) is 4.90 Å². The van der Waals surface area contributed by atoms with Crippen molar-refractivity contribution in [3.05, 3.63) is 58.6 Å². The molecule has 2 aromatic carbocycles. The van der Waals surface area contributed by atoms with E-state index >= 15 is 0 Å². The summed E-state index contributed by atoms with van der Waals surface area (Å²) in [5.41, 5.74) is 1.18. The first-order chi connectivity index (χ1) is 17.1. The molecule has 10 heteroatoms. The Bertz CT molecular complexity index is 1150. The summed E-state index contributed by atoms with van der Waals surface area (Å²) < 4.78 is 32.4. The van der Waals surface area contributed by atoms with Crippen LogP contribution in [0.4, 0.5) is 5.69 Å². The molecule has 0 radical (unpaired) electrons. The van der Waals surface area contributed by atoms with Gasteiger partial charge in [0.25, 0.3) is 0 Å². The van der Waals surface area contributed by atoms with Gasteiger partial charge in [0.05, 0.1) is 19.1 Å². The third-order valence-corrected chi connectivity index (χ3v) is 8.01. The molecule has 1 N–H and O–H groups in total. The van der Waals surface area contributed by atoms with E-state index in [9.17, 15) is 18.0 Å². The first kappa shape index (κ1) is 28.0. The van der Waals surface area contributed by atoms with E-state index in [-0.39, 0.29) is 18.5 Å². The highest BCUT2D eigenvalue weighted by molar-refractivity contribution is 9.10. The molecule has 2 aromatic rings. The molecule has 0 aliphatic heterocycles. The van der Waals surface area contributed by atoms with Crippen LogP contribution in [0.2, 0.25) is 0 Å². The van der Waals surface area contributed by atoms with Gasteiger partial charge in [-0.3, -0.25) is 13.9 Å². The van der Waals surface area contributed by atoms with Crippen LogP contribution in [0.5, 0.6) is 5.75 Å². The average Bonchev–Trinajstić information content (AvgIpc) is 3.35. The minimum Gasteiger partial charge on any atom is -0.497 e. The number of nitrogens with one attached hydrogen (secondary N) is 1. The van der Waals surface area contributed by atoms with Crippen molar-refractivity contribution >= 4 is 43.5 Å². The highest BCUT2D eigenvalue weighted by atomic mass is 79.9. The van der Waals surface area contributed by atoms with Gasteiger partial charge in [-0.25, -0.2) is 8.42 Å². The van der Waals surface area contributed by atoms with E-state index in [2.05, 4.69) is 21.2 Å². The lowest BCUT2D eigenvalue weighted by Crippen LogP contribution is -2.53. The standard InChI is InChI=1S/C26H34BrN3O5S/c1-4-24(26(32)28-21-9-5-6-10-21)29(17-19-12-14-23(35-2)15-13-19)25(31)18-30(36(3,33)34)22-11-7-8-20(27)16-22/h7-8,11-16,21,24H,4-6,9-10,17-18H2,1-3H3,(H,28,32)/t24-/m1/s1. The molecule has 1 aliphatic rings. The Morgan fingerprint density at radius 3 is 2.36 bits per heavy atom. The Kier molecular flexibility index (Phi) is 9.78. The van der Waals surface area contributed by atoms with Crippen LogP contribution in [0.15, 0.2) is 53.0 Å². The Balaban J connectivity index is 1.91. The van der Waals surface area contributed by atoms with Gasteiger partial charge in [0.1, 0.15) is 18.3 Å². The van der Waals surface area contributed by atoms with E-state index in [1.54, 1.807) is 43.5 Å². The third kappa shape index (κ3) is 7.46. The number of benzene rings is 2. The first-order valence-corrected chi connectivity index (χ1v) is 14.7. The predicted molar refractivity (Wildman–Crippen MR) is 144 cm³/mol. The van der Waals surface area contributed by atoms with Crippen LogP contribution < -0.4 is 14.4 Å². The molecule has 0 unspecified atom stereocenters. The molecule has 0 heterocycles. The summed E-state index contributed by atoms with van der Waals surface area (Å²) in [5, 5.41) is 3.10. The zero-order valence-corrected chi connectivity index (χ0v) is 23.3. The zero-order valence-electron chi connectivity index (χ0n) is 20.9. The molecule has 2 amide bonds. The van der Waals surface area contributed by atoms with Crippen molar-refractivity contribution in [1.29, 1.82) is 0 Å². The first-order valence-electron chi connectivity index (χ1n) is 12.1. The number of rotatable bonds is 11. The van der Waals surface area contributed by atoms with Crippen LogP contribution >= 0.6 is 15.9 Å². The van der Waals surface area contributed by atoms with Crippen LogP contribution in [0.3, 0.4) is 0 Å². The Hall–Kier alpha value is -2.59. The Morgan fingerprint density at radius 1 is 1.14 bits per heavy atom. The molecule has 0 spiro atoms. The second-order valence-electron chi connectivity index (χ2n) is 9.03. The van der Waals surface area contributed by atoms with Crippen molar-refractivity contribution < 1.29 is 22.7 Å². The second-order valence-corrected chi connectivity index (χ2v) is 11.9. The maximum atomic E-state index is 13.7. The van der Waals surface area contributed by atoms with Gasteiger partial charge < -0.3 is 15.0 Å². The van der Waals surface area contributed by atoms with Gasteiger partial charge in [-0.1, -0.05) is 53.9 Å². The molecule has 1 aliphatic carbocycles. The van der Waals surface area contributed by atoms with E-state index in [1.807, 2.05) is 19.1 Å². The van der Waals surface area contributed by atoms with E-state index in [4.69, 9.17) is 4.74 Å². The Labute approximate surface area is 222 Å². The molecule has 3 rings (SSSR count). The Morgan fingerprint density at radius 2 is 1.81 bits per heavy atom. The molecule has 36 heavy (non-hydrogen) atoms. The normalized spacial score (nSPS) is 14.8. The number of halogens is 1. The van der Waals surface area contributed by atoms with Crippen molar-refractivity contribution in [3.63, 3.8) is 0 Å². The molecule has 8 nitrogen and oxygen atoms in total. The summed E-state index contributed by atoms with van der Waals surface area (Å²) in [6, 6.07) is 13.4. The highest BCUT2D eigenvalue weighted by Gasteiger charge is 2.33. The molecule has 1 fully saturated rings. The maximum Gasteiger partial charge on any atom is 0.244 e. The number of methoxy groups -OCH3 is 1. The summed E-state index contributed by atoms with van der Waals surface area (Å²) in [7, 11) is -2.19. The summed E-state index contributed by atoms with van der Waals surface area (Å²) in [6.45, 7) is 1.60. The lowest BCUT2D eigenvalue weighted by molar-refractivity contribution is -0.140. The molecule has 196 valence electrons. The minimum absolute atomic E-state index is 0.110. The number of hydrogen-bond donors (Lipinski definition) is 1. The monoisotopic (exact) mass is 579 g/mol. The number of sulfonamides is 1. The second kappa shape index (κ2) is 12.6. The summed E-state index contributed by atoms with van der Waals surface area (Å²) >= 11 is 3.36. The van der Waals surface area contributed by atoms with Gasteiger partial charge in [-0.05, 0) is 55.2 Å². The number of carbonyl (C=O) groups is 2. The van der Waals surface area contributed by atoms with Crippen molar-refractivity contribution in [2.45, 2.75) is 57.7 Å². The van der Waals surface area contributed by atoms with Crippen molar-refractivity contribution in [2.24, 2.45) is 0 Å². The number of amides is 2. The van der Waals surface area contributed by atoms with Crippen molar-refractivity contribution in [3.8, 4) is 5.75 Å². The molecule has 0 saturated heterocycles. The quantitative estimate of drug-likeness (QED) is 0.432. The fourth-order valence-electron chi connectivity index (χ4n) is 4.46. The minimum atomic E-state index is -3.77. The molecule has 0 bridgehead atoms. The number of ether oxygens (including phenoxy) is 1. The van der Waals surface area contributed by atoms with Crippen molar-refractivity contribution in [1.82, 2.24) is 10.2 Å². The van der Waals surface area contributed by atoms with Crippen LogP contribution in [0.1, 0.15) is 44.6 Å². The number of nitrogens with zero attached hydrogens (tertiary/aromatic N) is 2. The predicted octanol–water partition coefficient (Wildman–Crippen LogP) is 4.09. The molecule has 1 saturated carbocycles. The summed E-state index contributed by atoms with van der Waals surface area (Å²) in [5.74, 6) is 0.0183. The van der Waals surface area contributed by atoms with Gasteiger partial charge in [0.2, 0.25) is 21.8 Å². The molecule has 0 aromatic heterocycles. The van der Waals surface area contributed by atoms with Crippen LogP contribution in [0, 0.1) is 0 Å². The van der Waals surface area contributed by atoms with Crippen LogP contribution in [0.25, 0.3) is 0 Å². The van der Waals surface area contributed by atoms with Gasteiger partial charge >= 0.3 is 0 Å². The largest absolute Gasteiger partial charge is 0.497 e. The fraction of sp³-hybridized carbons (Fsp3) is 0.462. The summed E-state index contributed by atoms with van der Waals surface area (Å²) in [4.78, 5) is 28.5. The molecular weight excluding hydrogens is 546 g/mol. The van der Waals surface area contributed by atoms with Gasteiger partial charge in [-0.15, -0.1) is 0 Å². The number of anilines is 1. The van der Waals surface area contributed by atoms with Gasteiger partial charge in [0.15, 0.2) is 0 Å². The number of hydrogen-bond acceptors (Lipinski definition) is 5. The maximum absolute atomic E-state index is 13.7. The van der Waals surface area contributed by atoms with Gasteiger partial charge in [0, 0.05) is 17.1 Å². The third-order valence-electron chi connectivity index (χ3n) is 6.37.